The second kappa shape index (κ2) is 7.35. The van der Waals surface area contributed by atoms with Gasteiger partial charge in [0, 0.05) is 37.3 Å². The van der Waals surface area contributed by atoms with Crippen LogP contribution in [0.25, 0.3) is 0 Å². The van der Waals surface area contributed by atoms with Crippen molar-refractivity contribution in [2.24, 2.45) is 0 Å². The summed E-state index contributed by atoms with van der Waals surface area (Å²) in [6, 6.07) is 27.6. The summed E-state index contributed by atoms with van der Waals surface area (Å²) in [5, 5.41) is 0. The van der Waals surface area contributed by atoms with Crippen LogP contribution in [-0.2, 0) is 0 Å². The quantitative estimate of drug-likeness (QED) is 0.624. The zero-order chi connectivity index (χ0) is 18.8. The summed E-state index contributed by atoms with van der Waals surface area (Å²) >= 11 is 0. The molecule has 3 heteroatoms. The van der Waals surface area contributed by atoms with Crippen molar-refractivity contribution in [1.82, 2.24) is 4.98 Å². The van der Waals surface area contributed by atoms with Crippen molar-refractivity contribution in [1.29, 1.82) is 0 Å². The maximum atomic E-state index is 4.94. The van der Waals surface area contributed by atoms with E-state index < -0.39 is 0 Å². The van der Waals surface area contributed by atoms with Gasteiger partial charge in [-0.2, -0.15) is 0 Å². The topological polar surface area (TPSA) is 19.4 Å². The largest absolute Gasteiger partial charge is 0.332 e. The molecule has 0 unspecified atom stereocenters. The Morgan fingerprint density at radius 2 is 1.04 bits per heavy atom. The predicted octanol–water partition coefficient (Wildman–Crippen LogP) is 5.32. The summed E-state index contributed by atoms with van der Waals surface area (Å²) in [7, 11) is 0. The van der Waals surface area contributed by atoms with Crippen molar-refractivity contribution in [3.63, 3.8) is 0 Å². The van der Waals surface area contributed by atoms with Crippen LogP contribution >= 0.6 is 0 Å². The summed E-state index contributed by atoms with van der Waals surface area (Å²) in [5.74, 6) is 2.84. The highest BCUT2D eigenvalue weighted by Crippen LogP contribution is 2.31. The fraction of sp³-hybridized carbons (Fsp3) is 0.160. The van der Waals surface area contributed by atoms with Gasteiger partial charge >= 0.3 is 0 Å². The van der Waals surface area contributed by atoms with Crippen LogP contribution in [0.15, 0.2) is 103 Å². The lowest BCUT2D eigenvalue weighted by Gasteiger charge is -2.21. The summed E-state index contributed by atoms with van der Waals surface area (Å²) in [5.41, 5.74) is 2.70. The standard InChI is InChI=1S/C25H23N3/c1-3-8-20(9-4-1)22-14-16-27(18-22)24-12-7-13-25(26-24)28-17-15-23(19-28)21-10-5-2-6-11-21/h1-17,22-23H,18-19H2/t22-,23-/m1/s1. The number of aromatic nitrogens is 1. The molecule has 3 heterocycles. The van der Waals surface area contributed by atoms with Crippen molar-refractivity contribution < 1.29 is 0 Å². The Balaban J connectivity index is 1.30. The van der Waals surface area contributed by atoms with Gasteiger partial charge in [0.2, 0.25) is 0 Å². The minimum absolute atomic E-state index is 0.417. The molecule has 1 aromatic heterocycles. The highest BCUT2D eigenvalue weighted by atomic mass is 15.2. The molecular formula is C25H23N3. The SMILES string of the molecule is C1=CN(c2cccc(N3C=C[C@@H](c4ccccc4)C3)n2)C[C@@H]1c1ccccc1. The van der Waals surface area contributed by atoms with Gasteiger partial charge < -0.3 is 9.80 Å². The molecule has 0 spiro atoms. The predicted molar refractivity (Wildman–Crippen MR) is 116 cm³/mol. The normalized spacial score (nSPS) is 20.9. The molecule has 2 aromatic carbocycles. The van der Waals surface area contributed by atoms with Crippen LogP contribution in [0.2, 0.25) is 0 Å². The average molecular weight is 365 g/mol. The first-order valence-electron chi connectivity index (χ1n) is 9.84. The van der Waals surface area contributed by atoms with Gasteiger partial charge in [-0.15, -0.1) is 0 Å². The minimum Gasteiger partial charge on any atom is -0.332 e. The summed E-state index contributed by atoms with van der Waals surface area (Å²) in [6.07, 6.45) is 8.86. The highest BCUT2D eigenvalue weighted by molar-refractivity contribution is 5.55. The monoisotopic (exact) mass is 365 g/mol. The van der Waals surface area contributed by atoms with E-state index in [1.165, 1.54) is 11.1 Å². The maximum absolute atomic E-state index is 4.94. The second-order valence-corrected chi connectivity index (χ2v) is 7.38. The van der Waals surface area contributed by atoms with Crippen LogP contribution in [0.1, 0.15) is 23.0 Å². The lowest BCUT2D eigenvalue weighted by Crippen LogP contribution is -2.21. The number of hydrogen-bond donors (Lipinski definition) is 0. The third kappa shape index (κ3) is 3.31. The molecular weight excluding hydrogens is 342 g/mol. The van der Waals surface area contributed by atoms with Crippen LogP contribution in [0.3, 0.4) is 0 Å². The molecule has 138 valence electrons. The lowest BCUT2D eigenvalue weighted by atomic mass is 10.0. The number of hydrogen-bond acceptors (Lipinski definition) is 3. The number of rotatable bonds is 4. The zero-order valence-corrected chi connectivity index (χ0v) is 15.7. The molecule has 5 rings (SSSR count). The molecule has 0 amide bonds. The van der Waals surface area contributed by atoms with Gasteiger partial charge in [-0.05, 0) is 23.3 Å². The van der Waals surface area contributed by atoms with Crippen molar-refractivity contribution >= 4 is 11.6 Å². The summed E-state index contributed by atoms with van der Waals surface area (Å²) in [4.78, 5) is 9.43. The van der Waals surface area contributed by atoms with Crippen molar-refractivity contribution in [2.45, 2.75) is 11.8 Å². The van der Waals surface area contributed by atoms with E-state index in [9.17, 15) is 0 Å². The number of benzene rings is 2. The fourth-order valence-electron chi connectivity index (χ4n) is 3.99. The summed E-state index contributed by atoms with van der Waals surface area (Å²) in [6.45, 7) is 1.87. The van der Waals surface area contributed by atoms with E-state index in [0.29, 0.717) is 11.8 Å². The van der Waals surface area contributed by atoms with Crippen LogP contribution in [0.4, 0.5) is 11.6 Å². The highest BCUT2D eigenvalue weighted by Gasteiger charge is 2.22. The van der Waals surface area contributed by atoms with Crippen LogP contribution < -0.4 is 9.80 Å². The molecule has 0 saturated heterocycles. The molecule has 0 radical (unpaired) electrons. The molecule has 2 aliphatic rings. The van der Waals surface area contributed by atoms with E-state index in [2.05, 4.69) is 113 Å². The fourth-order valence-corrected chi connectivity index (χ4v) is 3.99. The van der Waals surface area contributed by atoms with E-state index in [0.717, 1.165) is 24.7 Å². The van der Waals surface area contributed by atoms with Gasteiger partial charge in [0.15, 0.2) is 0 Å². The Bertz CT molecular complexity index is 916. The van der Waals surface area contributed by atoms with Gasteiger partial charge in [-0.25, -0.2) is 4.98 Å². The van der Waals surface area contributed by atoms with E-state index in [4.69, 9.17) is 4.98 Å². The molecule has 3 aromatic rings. The van der Waals surface area contributed by atoms with E-state index in [1.807, 2.05) is 0 Å². The van der Waals surface area contributed by atoms with Crippen molar-refractivity contribution in [2.75, 3.05) is 22.9 Å². The molecule has 0 fully saturated rings. The molecule has 0 bridgehead atoms. The molecule has 0 saturated carbocycles. The van der Waals surface area contributed by atoms with Gasteiger partial charge in [0.1, 0.15) is 11.6 Å². The van der Waals surface area contributed by atoms with Crippen LogP contribution in [0, 0.1) is 0 Å². The average Bonchev–Trinajstić information content (AvgIpc) is 3.46. The smallest absolute Gasteiger partial charge is 0.134 e. The zero-order valence-electron chi connectivity index (χ0n) is 15.7. The van der Waals surface area contributed by atoms with Crippen molar-refractivity contribution in [3.05, 3.63) is 115 Å². The Kier molecular flexibility index (Phi) is 4.42. The third-order valence-electron chi connectivity index (χ3n) is 5.55. The second-order valence-electron chi connectivity index (χ2n) is 7.38. The molecule has 0 aliphatic carbocycles. The first-order chi connectivity index (χ1) is 13.9. The molecule has 0 N–H and O–H groups in total. The molecule has 28 heavy (non-hydrogen) atoms. The number of anilines is 2. The maximum Gasteiger partial charge on any atom is 0.134 e. The van der Waals surface area contributed by atoms with Gasteiger partial charge in [0.25, 0.3) is 0 Å². The van der Waals surface area contributed by atoms with E-state index >= 15 is 0 Å². The van der Waals surface area contributed by atoms with Crippen LogP contribution in [0.5, 0.6) is 0 Å². The number of pyridine rings is 1. The van der Waals surface area contributed by atoms with E-state index in [-0.39, 0.29) is 0 Å². The summed E-state index contributed by atoms with van der Waals surface area (Å²) < 4.78 is 0. The first kappa shape index (κ1) is 16.8. The van der Waals surface area contributed by atoms with E-state index in [1.54, 1.807) is 0 Å². The van der Waals surface area contributed by atoms with Gasteiger partial charge in [-0.1, -0.05) is 78.9 Å². The Labute approximate surface area is 166 Å². The van der Waals surface area contributed by atoms with Crippen LogP contribution in [-0.4, -0.2) is 18.1 Å². The van der Waals surface area contributed by atoms with Gasteiger partial charge in [0.05, 0.1) is 0 Å². The molecule has 3 nitrogen and oxygen atoms in total. The molecule has 2 atom stereocenters. The van der Waals surface area contributed by atoms with Crippen molar-refractivity contribution in [3.8, 4) is 0 Å². The first-order valence-corrected chi connectivity index (χ1v) is 9.84. The minimum atomic E-state index is 0.417. The Morgan fingerprint density at radius 3 is 1.50 bits per heavy atom. The Hall–Kier alpha value is -3.33. The molecule has 2 aliphatic heterocycles. The van der Waals surface area contributed by atoms with Gasteiger partial charge in [-0.3, -0.25) is 0 Å². The third-order valence-corrected chi connectivity index (χ3v) is 5.55. The number of nitrogens with zero attached hydrogens (tertiary/aromatic N) is 3. The Morgan fingerprint density at radius 1 is 0.571 bits per heavy atom. The lowest BCUT2D eigenvalue weighted by molar-refractivity contribution is 0.842.